The predicted molar refractivity (Wildman–Crippen MR) is 76.1 cm³/mol. The summed E-state index contributed by atoms with van der Waals surface area (Å²) >= 11 is 0. The van der Waals surface area contributed by atoms with Crippen molar-refractivity contribution in [3.05, 3.63) is 34.9 Å². The van der Waals surface area contributed by atoms with E-state index in [1.165, 1.54) is 22.4 Å². The summed E-state index contributed by atoms with van der Waals surface area (Å²) in [5, 5.41) is 2.98. The molecule has 4 nitrogen and oxygen atoms in total. The predicted octanol–water partition coefficient (Wildman–Crippen LogP) is 1.41. The van der Waals surface area contributed by atoms with Gasteiger partial charge in [-0.2, -0.15) is 0 Å². The highest BCUT2D eigenvalue weighted by molar-refractivity contribution is 6.01. The lowest BCUT2D eigenvalue weighted by atomic mass is 10.0. The van der Waals surface area contributed by atoms with Crippen LogP contribution in [0.2, 0.25) is 0 Å². The Hall–Kier alpha value is -1.68. The van der Waals surface area contributed by atoms with Crippen molar-refractivity contribution in [1.82, 2.24) is 10.2 Å². The summed E-state index contributed by atoms with van der Waals surface area (Å²) < 4.78 is 0. The molecule has 0 bridgehead atoms. The van der Waals surface area contributed by atoms with Crippen LogP contribution in [0.15, 0.2) is 18.2 Å². The van der Waals surface area contributed by atoms with Crippen molar-refractivity contribution < 1.29 is 9.59 Å². The molecule has 1 aliphatic heterocycles. The summed E-state index contributed by atoms with van der Waals surface area (Å²) in [5.41, 5.74) is 3.85. The molecule has 1 fully saturated rings. The fraction of sp³-hybridized carbons (Fsp3) is 0.500. The molecule has 0 aromatic heterocycles. The molecule has 1 aliphatic carbocycles. The van der Waals surface area contributed by atoms with Gasteiger partial charge in [-0.15, -0.1) is 0 Å². The van der Waals surface area contributed by atoms with E-state index in [4.69, 9.17) is 0 Å². The van der Waals surface area contributed by atoms with Crippen LogP contribution in [0.1, 0.15) is 36.5 Å². The average Bonchev–Trinajstić information content (AvgIpc) is 2.91. The number of hydrogen-bond donors (Lipinski definition) is 1. The van der Waals surface area contributed by atoms with Crippen LogP contribution >= 0.6 is 0 Å². The maximum atomic E-state index is 12.2. The van der Waals surface area contributed by atoms with Gasteiger partial charge in [0, 0.05) is 0 Å². The minimum atomic E-state index is -0.220. The Kier molecular flexibility index (Phi) is 3.57. The van der Waals surface area contributed by atoms with Crippen LogP contribution in [0.25, 0.3) is 0 Å². The van der Waals surface area contributed by atoms with E-state index in [-0.39, 0.29) is 24.4 Å². The summed E-state index contributed by atoms with van der Waals surface area (Å²) in [5.74, 6) is -0.218. The van der Waals surface area contributed by atoms with E-state index < -0.39 is 0 Å². The number of carbonyl (C=O) groups excluding carboxylic acids is 2. The third-order valence-electron chi connectivity index (χ3n) is 4.28. The zero-order valence-electron chi connectivity index (χ0n) is 11.8. The molecule has 1 N–H and O–H groups in total. The number of amides is 2. The van der Waals surface area contributed by atoms with Gasteiger partial charge in [0.1, 0.15) is 0 Å². The first kappa shape index (κ1) is 13.3. The molecule has 1 saturated heterocycles. The third-order valence-corrected chi connectivity index (χ3v) is 4.28. The first-order chi connectivity index (χ1) is 9.69. The quantitative estimate of drug-likeness (QED) is 0.846. The van der Waals surface area contributed by atoms with Gasteiger partial charge in [0.2, 0.25) is 11.8 Å². The van der Waals surface area contributed by atoms with Crippen molar-refractivity contribution >= 4 is 11.8 Å². The first-order valence-electron chi connectivity index (χ1n) is 7.37. The van der Waals surface area contributed by atoms with Crippen molar-refractivity contribution in [3.63, 3.8) is 0 Å². The number of rotatable bonds is 3. The molecule has 106 valence electrons. The number of nitrogens with one attached hydrogen (secondary N) is 1. The van der Waals surface area contributed by atoms with E-state index in [2.05, 4.69) is 17.4 Å². The van der Waals surface area contributed by atoms with Gasteiger partial charge in [-0.1, -0.05) is 25.1 Å². The van der Waals surface area contributed by atoms with Crippen molar-refractivity contribution in [1.29, 1.82) is 0 Å². The molecular formula is C16H20N2O2. The van der Waals surface area contributed by atoms with Crippen molar-refractivity contribution in [3.8, 4) is 0 Å². The molecule has 1 unspecified atom stereocenters. The Labute approximate surface area is 119 Å². The van der Waals surface area contributed by atoms with E-state index in [1.807, 2.05) is 13.0 Å². The highest BCUT2D eigenvalue weighted by Gasteiger charge is 2.32. The lowest BCUT2D eigenvalue weighted by Crippen LogP contribution is -2.57. The summed E-state index contributed by atoms with van der Waals surface area (Å²) in [4.78, 5) is 25.6. The number of aryl methyl sites for hydroxylation is 2. The number of nitrogens with zero attached hydrogens (tertiary/aromatic N) is 1. The van der Waals surface area contributed by atoms with Gasteiger partial charge < -0.3 is 0 Å². The SMILES string of the molecule is CCC1NCC(=O)N(Cc2ccc3c(c2)CCC3)C1=O. The van der Waals surface area contributed by atoms with Crippen molar-refractivity contribution in [2.45, 2.75) is 45.2 Å². The van der Waals surface area contributed by atoms with E-state index in [1.54, 1.807) is 0 Å². The van der Waals surface area contributed by atoms with Crippen LogP contribution in [-0.2, 0) is 29.0 Å². The van der Waals surface area contributed by atoms with Gasteiger partial charge in [-0.3, -0.25) is 19.8 Å². The second-order valence-corrected chi connectivity index (χ2v) is 5.62. The molecule has 2 aliphatic rings. The lowest BCUT2D eigenvalue weighted by Gasteiger charge is -2.31. The summed E-state index contributed by atoms with van der Waals surface area (Å²) in [6.45, 7) is 2.62. The second kappa shape index (κ2) is 5.37. The number of piperazine rings is 1. The number of carbonyl (C=O) groups is 2. The van der Waals surface area contributed by atoms with Crippen LogP contribution in [0.3, 0.4) is 0 Å². The number of imide groups is 1. The molecule has 2 amide bonds. The fourth-order valence-corrected chi connectivity index (χ4v) is 3.10. The van der Waals surface area contributed by atoms with E-state index in [0.717, 1.165) is 18.4 Å². The average molecular weight is 272 g/mol. The zero-order chi connectivity index (χ0) is 14.1. The van der Waals surface area contributed by atoms with Gasteiger partial charge in [0.05, 0.1) is 19.1 Å². The molecule has 0 spiro atoms. The van der Waals surface area contributed by atoms with Crippen molar-refractivity contribution in [2.75, 3.05) is 6.54 Å². The molecule has 3 rings (SSSR count). The molecule has 1 atom stereocenters. The van der Waals surface area contributed by atoms with Crippen LogP contribution < -0.4 is 5.32 Å². The molecule has 4 heteroatoms. The standard InChI is InChI=1S/C16H20N2O2/c1-2-14-16(20)18(15(19)9-17-14)10-11-6-7-12-4-3-5-13(12)8-11/h6-8,14,17H,2-5,9-10H2,1H3. The molecule has 0 saturated carbocycles. The summed E-state index contributed by atoms with van der Waals surface area (Å²) in [7, 11) is 0. The monoisotopic (exact) mass is 272 g/mol. The molecular weight excluding hydrogens is 252 g/mol. The maximum Gasteiger partial charge on any atom is 0.246 e. The van der Waals surface area contributed by atoms with Crippen LogP contribution in [0, 0.1) is 0 Å². The minimum absolute atomic E-state index is 0.0933. The van der Waals surface area contributed by atoms with E-state index in [9.17, 15) is 9.59 Å². The Morgan fingerprint density at radius 2 is 2.05 bits per heavy atom. The molecule has 1 heterocycles. The third kappa shape index (κ3) is 2.36. The molecule has 1 aromatic rings. The summed E-state index contributed by atoms with van der Waals surface area (Å²) in [6, 6.07) is 6.13. The number of hydrogen-bond acceptors (Lipinski definition) is 3. The Morgan fingerprint density at radius 3 is 2.85 bits per heavy atom. The fourth-order valence-electron chi connectivity index (χ4n) is 3.10. The van der Waals surface area contributed by atoms with Crippen LogP contribution in [-0.4, -0.2) is 29.3 Å². The number of fused-ring (bicyclic) bond motifs is 1. The highest BCUT2D eigenvalue weighted by atomic mass is 16.2. The van der Waals surface area contributed by atoms with Gasteiger partial charge in [0.25, 0.3) is 0 Å². The lowest BCUT2D eigenvalue weighted by molar-refractivity contribution is -0.150. The normalized spacial score (nSPS) is 22.2. The maximum absolute atomic E-state index is 12.2. The van der Waals surface area contributed by atoms with Gasteiger partial charge in [-0.25, -0.2) is 0 Å². The van der Waals surface area contributed by atoms with Crippen LogP contribution in [0.5, 0.6) is 0 Å². The van der Waals surface area contributed by atoms with Gasteiger partial charge in [-0.05, 0) is 42.4 Å². The molecule has 0 radical (unpaired) electrons. The second-order valence-electron chi connectivity index (χ2n) is 5.62. The Balaban J connectivity index is 1.79. The van der Waals surface area contributed by atoms with E-state index >= 15 is 0 Å². The smallest absolute Gasteiger partial charge is 0.246 e. The molecule has 20 heavy (non-hydrogen) atoms. The first-order valence-corrected chi connectivity index (χ1v) is 7.37. The highest BCUT2D eigenvalue weighted by Crippen LogP contribution is 2.23. The number of benzene rings is 1. The topological polar surface area (TPSA) is 49.4 Å². The van der Waals surface area contributed by atoms with Crippen molar-refractivity contribution in [2.24, 2.45) is 0 Å². The van der Waals surface area contributed by atoms with Gasteiger partial charge in [0.15, 0.2) is 0 Å². The van der Waals surface area contributed by atoms with E-state index in [0.29, 0.717) is 13.0 Å². The largest absolute Gasteiger partial charge is 0.297 e. The minimum Gasteiger partial charge on any atom is -0.297 e. The van der Waals surface area contributed by atoms with Gasteiger partial charge >= 0.3 is 0 Å². The Morgan fingerprint density at radius 1 is 1.25 bits per heavy atom. The Bertz CT molecular complexity index is 553. The van der Waals surface area contributed by atoms with Crippen LogP contribution in [0.4, 0.5) is 0 Å². The summed E-state index contributed by atoms with van der Waals surface area (Å²) in [6.07, 6.45) is 4.19. The molecule has 1 aromatic carbocycles. The zero-order valence-corrected chi connectivity index (χ0v) is 11.8.